The first-order chi connectivity index (χ1) is 10.7. The summed E-state index contributed by atoms with van der Waals surface area (Å²) in [6.45, 7) is 8.69. The zero-order chi connectivity index (χ0) is 15.8. The van der Waals surface area contributed by atoms with Gasteiger partial charge < -0.3 is 0 Å². The molecule has 2 rings (SSSR count). The molecular formula is C19H27N3. The van der Waals surface area contributed by atoms with Gasteiger partial charge in [-0.05, 0) is 41.0 Å². The van der Waals surface area contributed by atoms with Gasteiger partial charge in [-0.3, -0.25) is 15.8 Å². The highest BCUT2D eigenvalue weighted by Crippen LogP contribution is 2.21. The van der Waals surface area contributed by atoms with Crippen molar-refractivity contribution in [3.8, 4) is 11.1 Å². The number of hydrazine groups is 1. The Labute approximate surface area is 134 Å². The molecule has 118 valence electrons. The highest BCUT2D eigenvalue weighted by molar-refractivity contribution is 5.62. The molecular weight excluding hydrogens is 270 g/mol. The van der Waals surface area contributed by atoms with Crippen molar-refractivity contribution in [1.82, 2.24) is 15.8 Å². The fraction of sp³-hybridized carbons (Fsp3) is 0.421. The van der Waals surface area contributed by atoms with E-state index in [4.69, 9.17) is 0 Å². The number of nitrogens with one attached hydrogen (secondary N) is 2. The second kappa shape index (κ2) is 8.66. The zero-order valence-electron chi connectivity index (χ0n) is 13.8. The van der Waals surface area contributed by atoms with Gasteiger partial charge in [0, 0.05) is 25.5 Å². The van der Waals surface area contributed by atoms with Crippen LogP contribution in [-0.2, 0) is 6.42 Å². The van der Waals surface area contributed by atoms with Gasteiger partial charge in [0.15, 0.2) is 0 Å². The first-order valence-corrected chi connectivity index (χ1v) is 8.15. The van der Waals surface area contributed by atoms with Crippen molar-refractivity contribution >= 4 is 0 Å². The van der Waals surface area contributed by atoms with Crippen molar-refractivity contribution in [2.75, 3.05) is 13.1 Å². The minimum Gasteiger partial charge on any atom is -0.264 e. The van der Waals surface area contributed by atoms with Gasteiger partial charge in [0.05, 0.1) is 0 Å². The predicted octanol–water partition coefficient (Wildman–Crippen LogP) is 3.68. The summed E-state index contributed by atoms with van der Waals surface area (Å²) in [5.41, 5.74) is 10.2. The average molecular weight is 297 g/mol. The number of hydrogen-bond acceptors (Lipinski definition) is 3. The lowest BCUT2D eigenvalue weighted by Gasteiger charge is -2.20. The van der Waals surface area contributed by atoms with Crippen LogP contribution in [0.15, 0.2) is 48.8 Å². The van der Waals surface area contributed by atoms with Crippen LogP contribution in [0.4, 0.5) is 0 Å². The molecule has 2 unspecified atom stereocenters. The highest BCUT2D eigenvalue weighted by atomic mass is 15.3. The van der Waals surface area contributed by atoms with Crippen molar-refractivity contribution in [2.45, 2.75) is 27.2 Å². The fourth-order valence-corrected chi connectivity index (χ4v) is 2.50. The standard InChI is InChI=1S/C19H27N3/c1-4-21-22-13-16(3)15(2)12-17-7-9-18(10-8-17)19-6-5-11-20-14-19/h5-11,14-16,21-22H,4,12-13H2,1-3H3. The van der Waals surface area contributed by atoms with Crippen LogP contribution in [0.25, 0.3) is 11.1 Å². The van der Waals surface area contributed by atoms with E-state index in [2.05, 4.69) is 66.9 Å². The third kappa shape index (κ3) is 4.93. The lowest BCUT2D eigenvalue weighted by molar-refractivity contribution is 0.346. The molecule has 0 aliphatic heterocycles. The lowest BCUT2D eigenvalue weighted by Crippen LogP contribution is -2.36. The van der Waals surface area contributed by atoms with Crippen LogP contribution in [0.1, 0.15) is 26.3 Å². The molecule has 0 aliphatic carbocycles. The first-order valence-electron chi connectivity index (χ1n) is 8.15. The molecule has 1 heterocycles. The molecule has 0 saturated heterocycles. The van der Waals surface area contributed by atoms with Gasteiger partial charge in [-0.15, -0.1) is 0 Å². The molecule has 1 aromatic heterocycles. The summed E-state index contributed by atoms with van der Waals surface area (Å²) in [5.74, 6) is 1.28. The molecule has 3 heteroatoms. The Kier molecular flexibility index (Phi) is 6.56. The Hall–Kier alpha value is -1.71. The SMILES string of the molecule is CCNNCC(C)C(C)Cc1ccc(-c2cccnc2)cc1. The molecule has 0 bridgehead atoms. The predicted molar refractivity (Wildman–Crippen MR) is 93.4 cm³/mol. The van der Waals surface area contributed by atoms with E-state index in [0.717, 1.165) is 19.5 Å². The van der Waals surface area contributed by atoms with Gasteiger partial charge in [-0.2, -0.15) is 0 Å². The monoisotopic (exact) mass is 297 g/mol. The summed E-state index contributed by atoms with van der Waals surface area (Å²) in [6.07, 6.45) is 4.83. The van der Waals surface area contributed by atoms with Gasteiger partial charge in [0.25, 0.3) is 0 Å². The average Bonchev–Trinajstić information content (AvgIpc) is 2.56. The van der Waals surface area contributed by atoms with Crippen LogP contribution in [0.3, 0.4) is 0 Å². The van der Waals surface area contributed by atoms with Gasteiger partial charge in [0.2, 0.25) is 0 Å². The molecule has 22 heavy (non-hydrogen) atoms. The summed E-state index contributed by atoms with van der Waals surface area (Å²) < 4.78 is 0. The summed E-state index contributed by atoms with van der Waals surface area (Å²) in [4.78, 5) is 4.18. The van der Waals surface area contributed by atoms with E-state index in [1.807, 2.05) is 18.5 Å². The Balaban J connectivity index is 1.91. The normalized spacial score (nSPS) is 13.8. The number of pyridine rings is 1. The maximum Gasteiger partial charge on any atom is 0.0346 e. The minimum absolute atomic E-state index is 0.636. The summed E-state index contributed by atoms with van der Waals surface area (Å²) >= 11 is 0. The van der Waals surface area contributed by atoms with E-state index < -0.39 is 0 Å². The largest absolute Gasteiger partial charge is 0.264 e. The molecule has 0 aliphatic rings. The Morgan fingerprint density at radius 1 is 0.955 bits per heavy atom. The van der Waals surface area contributed by atoms with E-state index in [9.17, 15) is 0 Å². The number of benzene rings is 1. The maximum atomic E-state index is 4.18. The lowest BCUT2D eigenvalue weighted by atomic mass is 9.89. The maximum absolute atomic E-state index is 4.18. The van der Waals surface area contributed by atoms with Crippen LogP contribution in [-0.4, -0.2) is 18.1 Å². The molecule has 0 saturated carbocycles. The van der Waals surface area contributed by atoms with Crippen LogP contribution in [0.5, 0.6) is 0 Å². The summed E-state index contributed by atoms with van der Waals surface area (Å²) in [7, 11) is 0. The third-order valence-corrected chi connectivity index (χ3v) is 4.20. The van der Waals surface area contributed by atoms with Crippen molar-refractivity contribution in [2.24, 2.45) is 11.8 Å². The molecule has 2 aromatic rings. The van der Waals surface area contributed by atoms with Crippen LogP contribution >= 0.6 is 0 Å². The number of hydrogen-bond donors (Lipinski definition) is 2. The second-order valence-corrected chi connectivity index (χ2v) is 6.01. The molecule has 1 aromatic carbocycles. The molecule has 0 spiro atoms. The van der Waals surface area contributed by atoms with Crippen molar-refractivity contribution in [1.29, 1.82) is 0 Å². The van der Waals surface area contributed by atoms with E-state index in [-0.39, 0.29) is 0 Å². The van der Waals surface area contributed by atoms with Gasteiger partial charge >= 0.3 is 0 Å². The topological polar surface area (TPSA) is 37.0 Å². The van der Waals surface area contributed by atoms with Crippen LogP contribution < -0.4 is 10.9 Å². The Morgan fingerprint density at radius 3 is 2.36 bits per heavy atom. The molecule has 2 N–H and O–H groups in total. The minimum atomic E-state index is 0.636. The molecule has 2 atom stereocenters. The second-order valence-electron chi connectivity index (χ2n) is 6.01. The molecule has 0 fully saturated rings. The number of nitrogens with zero attached hydrogens (tertiary/aromatic N) is 1. The van der Waals surface area contributed by atoms with E-state index in [1.54, 1.807) is 0 Å². The van der Waals surface area contributed by atoms with E-state index in [0.29, 0.717) is 11.8 Å². The van der Waals surface area contributed by atoms with Crippen molar-refractivity contribution in [3.05, 3.63) is 54.4 Å². The fourth-order valence-electron chi connectivity index (χ4n) is 2.50. The molecule has 3 nitrogen and oxygen atoms in total. The molecule has 0 amide bonds. The van der Waals surface area contributed by atoms with E-state index >= 15 is 0 Å². The summed E-state index contributed by atoms with van der Waals surface area (Å²) in [6, 6.07) is 12.9. The van der Waals surface area contributed by atoms with E-state index in [1.165, 1.54) is 16.7 Å². The van der Waals surface area contributed by atoms with Crippen LogP contribution in [0, 0.1) is 11.8 Å². The van der Waals surface area contributed by atoms with Crippen LogP contribution in [0.2, 0.25) is 0 Å². The molecule has 0 radical (unpaired) electrons. The van der Waals surface area contributed by atoms with Gasteiger partial charge in [-0.25, -0.2) is 0 Å². The number of aromatic nitrogens is 1. The first kappa shape index (κ1) is 16.7. The van der Waals surface area contributed by atoms with Crippen molar-refractivity contribution in [3.63, 3.8) is 0 Å². The zero-order valence-corrected chi connectivity index (χ0v) is 13.8. The Morgan fingerprint density at radius 2 is 1.73 bits per heavy atom. The van der Waals surface area contributed by atoms with Gasteiger partial charge in [-0.1, -0.05) is 51.1 Å². The van der Waals surface area contributed by atoms with Crippen molar-refractivity contribution < 1.29 is 0 Å². The highest BCUT2D eigenvalue weighted by Gasteiger charge is 2.12. The summed E-state index contributed by atoms with van der Waals surface area (Å²) in [5, 5.41) is 0. The third-order valence-electron chi connectivity index (χ3n) is 4.20. The Bertz CT molecular complexity index is 536. The van der Waals surface area contributed by atoms with Gasteiger partial charge in [0.1, 0.15) is 0 Å². The number of rotatable bonds is 8. The quantitative estimate of drug-likeness (QED) is 0.576. The smallest absolute Gasteiger partial charge is 0.0346 e.